The Morgan fingerprint density at radius 1 is 1.40 bits per heavy atom. The van der Waals surface area contributed by atoms with Crippen LogP contribution in [-0.2, 0) is 0 Å². The number of nitrogens with zero attached hydrogens (tertiary/aromatic N) is 1. The van der Waals surface area contributed by atoms with E-state index in [-0.39, 0.29) is 0 Å². The van der Waals surface area contributed by atoms with Crippen LogP contribution in [0.25, 0.3) is 0 Å². The van der Waals surface area contributed by atoms with Gasteiger partial charge in [-0.05, 0) is 12.0 Å². The van der Waals surface area contributed by atoms with Crippen LogP contribution in [0.4, 0.5) is 5.82 Å². The fourth-order valence-electron chi connectivity index (χ4n) is 1.52. The highest BCUT2D eigenvalue weighted by atomic mass is 16.5. The topological polar surface area (TPSA) is 34.1 Å². The highest BCUT2D eigenvalue weighted by Gasteiger charge is 2.16. The summed E-state index contributed by atoms with van der Waals surface area (Å²) in [6.45, 7) is 9.90. The van der Waals surface area contributed by atoms with Crippen LogP contribution in [0.1, 0.15) is 39.2 Å². The maximum absolute atomic E-state index is 5.59. The Kier molecular flexibility index (Phi) is 4.40. The van der Waals surface area contributed by atoms with Gasteiger partial charge in [0.2, 0.25) is 0 Å². The van der Waals surface area contributed by atoms with E-state index in [9.17, 15) is 0 Å². The Morgan fingerprint density at radius 2 is 2.13 bits per heavy atom. The third-order valence-electron chi connectivity index (χ3n) is 2.20. The van der Waals surface area contributed by atoms with Crippen LogP contribution in [0.2, 0.25) is 0 Å². The first-order chi connectivity index (χ1) is 7.29. The highest BCUT2D eigenvalue weighted by molar-refractivity contribution is 5.56. The molecule has 1 aromatic rings. The third kappa shape index (κ3) is 2.61. The van der Waals surface area contributed by atoms with E-state index < -0.39 is 0 Å². The van der Waals surface area contributed by atoms with Gasteiger partial charge in [0.05, 0.1) is 6.54 Å². The molecule has 3 nitrogen and oxygen atoms in total. The minimum atomic E-state index is 0.483. The van der Waals surface area contributed by atoms with E-state index in [0.29, 0.717) is 5.92 Å². The van der Waals surface area contributed by atoms with Crippen molar-refractivity contribution < 1.29 is 4.74 Å². The van der Waals surface area contributed by atoms with Gasteiger partial charge in [-0.2, -0.15) is 0 Å². The number of anilines is 1. The number of rotatable bonds is 1. The molecule has 2 rings (SSSR count). The molecule has 0 fully saturated rings. The van der Waals surface area contributed by atoms with Crippen molar-refractivity contribution in [1.82, 2.24) is 4.98 Å². The van der Waals surface area contributed by atoms with E-state index in [0.717, 1.165) is 24.7 Å². The van der Waals surface area contributed by atoms with Gasteiger partial charge in [0, 0.05) is 11.8 Å². The molecule has 15 heavy (non-hydrogen) atoms. The zero-order valence-electron chi connectivity index (χ0n) is 10.0. The molecule has 0 aliphatic carbocycles. The second-order valence-electron chi connectivity index (χ2n) is 3.51. The SMILES string of the molecule is CC.CC(C)c1ccnc2c1OCCN2. The van der Waals surface area contributed by atoms with Gasteiger partial charge in [-0.25, -0.2) is 4.98 Å². The number of pyridine rings is 1. The molecule has 3 heteroatoms. The molecule has 1 aliphatic rings. The van der Waals surface area contributed by atoms with Crippen molar-refractivity contribution in [3.8, 4) is 5.75 Å². The summed E-state index contributed by atoms with van der Waals surface area (Å²) in [5.74, 6) is 2.30. The minimum Gasteiger partial charge on any atom is -0.488 e. The average Bonchev–Trinajstić information content (AvgIpc) is 2.31. The highest BCUT2D eigenvalue weighted by Crippen LogP contribution is 2.33. The van der Waals surface area contributed by atoms with Gasteiger partial charge in [0.1, 0.15) is 6.61 Å². The van der Waals surface area contributed by atoms with Crippen molar-refractivity contribution in [2.75, 3.05) is 18.5 Å². The molecule has 2 heterocycles. The Balaban J connectivity index is 0.000000531. The molecular weight excluding hydrogens is 188 g/mol. The molecule has 1 aliphatic heterocycles. The molecule has 0 atom stereocenters. The molecule has 0 unspecified atom stereocenters. The number of nitrogens with one attached hydrogen (secondary N) is 1. The monoisotopic (exact) mass is 208 g/mol. The second kappa shape index (κ2) is 5.59. The van der Waals surface area contributed by atoms with Crippen molar-refractivity contribution in [2.45, 2.75) is 33.6 Å². The lowest BCUT2D eigenvalue weighted by atomic mass is 10.0. The summed E-state index contributed by atoms with van der Waals surface area (Å²) in [7, 11) is 0. The lowest BCUT2D eigenvalue weighted by Crippen LogP contribution is -2.20. The van der Waals surface area contributed by atoms with Crippen molar-refractivity contribution in [2.24, 2.45) is 0 Å². The molecule has 0 saturated heterocycles. The first-order valence-corrected chi connectivity index (χ1v) is 5.64. The minimum absolute atomic E-state index is 0.483. The van der Waals surface area contributed by atoms with Crippen molar-refractivity contribution >= 4 is 5.82 Å². The van der Waals surface area contributed by atoms with Crippen LogP contribution >= 0.6 is 0 Å². The maximum atomic E-state index is 5.59. The van der Waals surface area contributed by atoms with Gasteiger partial charge >= 0.3 is 0 Å². The number of hydrogen-bond acceptors (Lipinski definition) is 3. The van der Waals surface area contributed by atoms with Crippen molar-refractivity contribution in [3.05, 3.63) is 17.8 Å². The second-order valence-corrected chi connectivity index (χ2v) is 3.51. The number of fused-ring (bicyclic) bond motifs is 1. The first-order valence-electron chi connectivity index (χ1n) is 5.64. The predicted octanol–water partition coefficient (Wildman–Crippen LogP) is 3.04. The largest absolute Gasteiger partial charge is 0.488 e. The fourth-order valence-corrected chi connectivity index (χ4v) is 1.52. The quantitative estimate of drug-likeness (QED) is 0.770. The van der Waals surface area contributed by atoms with Crippen LogP contribution in [0.15, 0.2) is 12.3 Å². The maximum Gasteiger partial charge on any atom is 0.169 e. The van der Waals surface area contributed by atoms with E-state index in [2.05, 4.69) is 24.1 Å². The van der Waals surface area contributed by atoms with Gasteiger partial charge in [-0.1, -0.05) is 27.7 Å². The van der Waals surface area contributed by atoms with E-state index >= 15 is 0 Å². The van der Waals surface area contributed by atoms with Crippen molar-refractivity contribution in [1.29, 1.82) is 0 Å². The van der Waals surface area contributed by atoms with Crippen LogP contribution < -0.4 is 10.1 Å². The smallest absolute Gasteiger partial charge is 0.169 e. The molecule has 84 valence electrons. The molecule has 0 spiro atoms. The lowest BCUT2D eigenvalue weighted by molar-refractivity contribution is 0.316. The van der Waals surface area contributed by atoms with Crippen LogP contribution in [0, 0.1) is 0 Å². The summed E-state index contributed by atoms with van der Waals surface area (Å²) in [5, 5.41) is 3.22. The summed E-state index contributed by atoms with van der Waals surface area (Å²) in [4.78, 5) is 4.23. The van der Waals surface area contributed by atoms with Gasteiger partial charge in [0.15, 0.2) is 11.6 Å². The van der Waals surface area contributed by atoms with Crippen molar-refractivity contribution in [3.63, 3.8) is 0 Å². The molecule has 0 bridgehead atoms. The summed E-state index contributed by atoms with van der Waals surface area (Å²) < 4.78 is 5.59. The van der Waals surface area contributed by atoms with E-state index in [4.69, 9.17) is 4.74 Å². The number of ether oxygens (including phenoxy) is 1. The van der Waals surface area contributed by atoms with Gasteiger partial charge < -0.3 is 10.1 Å². The zero-order chi connectivity index (χ0) is 11.3. The summed E-state index contributed by atoms with van der Waals surface area (Å²) >= 11 is 0. The summed E-state index contributed by atoms with van der Waals surface area (Å²) in [6, 6.07) is 2.02. The Morgan fingerprint density at radius 3 is 2.80 bits per heavy atom. The molecular formula is C12H20N2O. The van der Waals surface area contributed by atoms with E-state index in [1.165, 1.54) is 5.56 Å². The fraction of sp³-hybridized carbons (Fsp3) is 0.583. The zero-order valence-corrected chi connectivity index (χ0v) is 10.0. The average molecular weight is 208 g/mol. The van der Waals surface area contributed by atoms with Crippen LogP contribution in [0.5, 0.6) is 5.75 Å². The molecule has 1 N–H and O–H groups in total. The summed E-state index contributed by atoms with van der Waals surface area (Å²) in [5.41, 5.74) is 1.23. The van der Waals surface area contributed by atoms with Gasteiger partial charge in [-0.3, -0.25) is 0 Å². The molecule has 1 aromatic heterocycles. The Bertz CT molecular complexity index is 310. The van der Waals surface area contributed by atoms with E-state index in [1.54, 1.807) is 0 Å². The molecule has 0 aromatic carbocycles. The lowest BCUT2D eigenvalue weighted by Gasteiger charge is -2.21. The van der Waals surface area contributed by atoms with Gasteiger partial charge in [0.25, 0.3) is 0 Å². The van der Waals surface area contributed by atoms with Crippen LogP contribution in [0.3, 0.4) is 0 Å². The number of hydrogen-bond donors (Lipinski definition) is 1. The Labute approximate surface area is 91.9 Å². The third-order valence-corrected chi connectivity index (χ3v) is 2.20. The predicted molar refractivity (Wildman–Crippen MR) is 63.7 cm³/mol. The van der Waals surface area contributed by atoms with Crippen LogP contribution in [-0.4, -0.2) is 18.1 Å². The Hall–Kier alpha value is -1.25. The molecule has 0 radical (unpaired) electrons. The summed E-state index contributed by atoms with van der Waals surface area (Å²) in [6.07, 6.45) is 1.83. The molecule has 0 saturated carbocycles. The normalized spacial score (nSPS) is 13.1. The van der Waals surface area contributed by atoms with Gasteiger partial charge in [-0.15, -0.1) is 0 Å². The van der Waals surface area contributed by atoms with E-state index in [1.807, 2.05) is 26.1 Å². The number of aromatic nitrogens is 1. The molecule has 0 amide bonds. The first kappa shape index (κ1) is 11.8. The standard InChI is InChI=1S/C10H14N2O.C2H6/c1-7(2)8-3-4-11-10-9(8)13-6-5-12-10;1-2/h3-4,7H,5-6H2,1-2H3,(H,11,12);1-2H3.